The van der Waals surface area contributed by atoms with Crippen LogP contribution in [0.3, 0.4) is 0 Å². The van der Waals surface area contributed by atoms with Crippen molar-refractivity contribution in [3.05, 3.63) is 28.2 Å². The summed E-state index contributed by atoms with van der Waals surface area (Å²) in [6.07, 6.45) is -0.538. The van der Waals surface area contributed by atoms with E-state index in [1.165, 1.54) is 0 Å². The zero-order valence-electron chi connectivity index (χ0n) is 8.34. The summed E-state index contributed by atoms with van der Waals surface area (Å²) in [6.45, 7) is 0.708. The molecule has 0 spiro atoms. The van der Waals surface area contributed by atoms with E-state index in [4.69, 9.17) is 27.9 Å². The quantitative estimate of drug-likeness (QED) is 0.839. The third-order valence-electron chi connectivity index (χ3n) is 1.77. The molecule has 0 radical (unpaired) electrons. The lowest BCUT2D eigenvalue weighted by Crippen LogP contribution is -2.29. The second-order valence-corrected chi connectivity index (χ2v) is 3.91. The zero-order chi connectivity index (χ0) is 11.3. The topological polar surface area (TPSA) is 41.5 Å². The molecule has 1 unspecified atom stereocenters. The Labute approximate surface area is 99.0 Å². The first-order chi connectivity index (χ1) is 7.13. The van der Waals surface area contributed by atoms with E-state index in [2.05, 4.69) is 5.32 Å². The number of benzene rings is 1. The average Bonchev–Trinajstić information content (AvgIpc) is 2.20. The van der Waals surface area contributed by atoms with E-state index < -0.39 is 6.10 Å². The minimum Gasteiger partial charge on any atom is -0.491 e. The van der Waals surface area contributed by atoms with Crippen LogP contribution in [0.15, 0.2) is 18.2 Å². The van der Waals surface area contributed by atoms with Gasteiger partial charge in [0.2, 0.25) is 0 Å². The molecule has 1 rings (SSSR count). The van der Waals surface area contributed by atoms with Gasteiger partial charge in [-0.15, -0.1) is 0 Å². The van der Waals surface area contributed by atoms with Gasteiger partial charge in [-0.1, -0.05) is 23.2 Å². The van der Waals surface area contributed by atoms with Gasteiger partial charge < -0.3 is 15.2 Å². The molecule has 5 heteroatoms. The molecule has 1 aromatic rings. The second kappa shape index (κ2) is 6.18. The van der Waals surface area contributed by atoms with Gasteiger partial charge in [-0.3, -0.25) is 0 Å². The standard InChI is InChI=1S/C10H13Cl2NO2/c1-13-5-7(14)6-15-8-2-3-9(11)10(12)4-8/h2-4,7,13-14H,5-6H2,1H3. The van der Waals surface area contributed by atoms with Crippen molar-refractivity contribution < 1.29 is 9.84 Å². The van der Waals surface area contributed by atoms with Gasteiger partial charge in [0, 0.05) is 12.6 Å². The fourth-order valence-corrected chi connectivity index (χ4v) is 1.34. The maximum Gasteiger partial charge on any atom is 0.121 e. The molecule has 0 saturated heterocycles. The number of hydrogen-bond donors (Lipinski definition) is 2. The Bertz CT molecular complexity index is 320. The number of aliphatic hydroxyl groups is 1. The molecule has 0 aliphatic heterocycles. The van der Waals surface area contributed by atoms with Crippen LogP contribution in [-0.4, -0.2) is 31.4 Å². The van der Waals surface area contributed by atoms with Crippen LogP contribution in [0.1, 0.15) is 0 Å². The number of likely N-dealkylation sites (N-methyl/N-ethyl adjacent to an activating group) is 1. The fraction of sp³-hybridized carbons (Fsp3) is 0.400. The third kappa shape index (κ3) is 4.26. The second-order valence-electron chi connectivity index (χ2n) is 3.10. The van der Waals surface area contributed by atoms with Crippen LogP contribution in [0, 0.1) is 0 Å². The molecule has 0 heterocycles. The summed E-state index contributed by atoms with van der Waals surface area (Å²) >= 11 is 11.5. The van der Waals surface area contributed by atoms with E-state index in [9.17, 15) is 5.11 Å². The van der Waals surface area contributed by atoms with E-state index in [1.807, 2.05) is 0 Å². The smallest absolute Gasteiger partial charge is 0.121 e. The summed E-state index contributed by atoms with van der Waals surface area (Å²) < 4.78 is 5.32. The molecular formula is C10H13Cl2NO2. The van der Waals surface area contributed by atoms with E-state index in [0.717, 1.165) is 0 Å². The molecule has 0 saturated carbocycles. The molecule has 1 atom stereocenters. The number of nitrogens with one attached hydrogen (secondary N) is 1. The molecule has 15 heavy (non-hydrogen) atoms. The van der Waals surface area contributed by atoms with Crippen LogP contribution in [0.2, 0.25) is 10.0 Å². The number of aliphatic hydroxyl groups excluding tert-OH is 1. The lowest BCUT2D eigenvalue weighted by Gasteiger charge is -2.12. The van der Waals surface area contributed by atoms with Crippen LogP contribution in [0.5, 0.6) is 5.75 Å². The van der Waals surface area contributed by atoms with Gasteiger partial charge in [-0.2, -0.15) is 0 Å². The van der Waals surface area contributed by atoms with Crippen molar-refractivity contribution in [3.63, 3.8) is 0 Å². The van der Waals surface area contributed by atoms with Gasteiger partial charge in [0.1, 0.15) is 18.5 Å². The zero-order valence-corrected chi connectivity index (χ0v) is 9.85. The molecule has 1 aromatic carbocycles. The molecule has 3 nitrogen and oxygen atoms in total. The highest BCUT2D eigenvalue weighted by Crippen LogP contribution is 2.26. The monoisotopic (exact) mass is 249 g/mol. The van der Waals surface area contributed by atoms with Crippen LogP contribution in [0.25, 0.3) is 0 Å². The van der Waals surface area contributed by atoms with E-state index >= 15 is 0 Å². The van der Waals surface area contributed by atoms with Crippen LogP contribution in [-0.2, 0) is 0 Å². The molecule has 0 aliphatic rings. The van der Waals surface area contributed by atoms with Crippen molar-refractivity contribution >= 4 is 23.2 Å². The molecular weight excluding hydrogens is 237 g/mol. The van der Waals surface area contributed by atoms with Gasteiger partial charge in [-0.25, -0.2) is 0 Å². The number of halogens is 2. The van der Waals surface area contributed by atoms with Gasteiger partial charge >= 0.3 is 0 Å². The maximum absolute atomic E-state index is 9.39. The Morgan fingerprint density at radius 1 is 1.40 bits per heavy atom. The summed E-state index contributed by atoms with van der Waals surface area (Å²) in [5.41, 5.74) is 0. The highest BCUT2D eigenvalue weighted by atomic mass is 35.5. The van der Waals surface area contributed by atoms with Crippen molar-refractivity contribution in [2.24, 2.45) is 0 Å². The summed E-state index contributed by atoms with van der Waals surface area (Å²) in [5, 5.41) is 13.2. The Balaban J connectivity index is 2.47. The number of hydrogen-bond acceptors (Lipinski definition) is 3. The average molecular weight is 250 g/mol. The van der Waals surface area contributed by atoms with Gasteiger partial charge in [0.15, 0.2) is 0 Å². The number of ether oxygens (including phenoxy) is 1. The molecule has 84 valence electrons. The Morgan fingerprint density at radius 2 is 2.13 bits per heavy atom. The third-order valence-corrected chi connectivity index (χ3v) is 2.51. The Hall–Kier alpha value is -0.480. The largest absolute Gasteiger partial charge is 0.491 e. The van der Waals surface area contributed by atoms with Crippen molar-refractivity contribution in [1.29, 1.82) is 0 Å². The SMILES string of the molecule is CNCC(O)COc1ccc(Cl)c(Cl)c1. The van der Waals surface area contributed by atoms with E-state index in [1.54, 1.807) is 25.2 Å². The fourth-order valence-electron chi connectivity index (χ4n) is 1.05. The van der Waals surface area contributed by atoms with E-state index in [0.29, 0.717) is 22.3 Å². The minimum atomic E-state index is -0.538. The molecule has 0 bridgehead atoms. The molecule has 0 aliphatic carbocycles. The predicted octanol–water partition coefficient (Wildman–Crippen LogP) is 1.95. The predicted molar refractivity (Wildman–Crippen MR) is 61.9 cm³/mol. The summed E-state index contributed by atoms with van der Waals surface area (Å²) in [4.78, 5) is 0. The highest BCUT2D eigenvalue weighted by molar-refractivity contribution is 6.42. The first-order valence-electron chi connectivity index (χ1n) is 4.54. The van der Waals surface area contributed by atoms with Crippen LogP contribution >= 0.6 is 23.2 Å². The molecule has 0 aromatic heterocycles. The van der Waals surface area contributed by atoms with Crippen molar-refractivity contribution in [3.8, 4) is 5.75 Å². The first kappa shape index (κ1) is 12.6. The van der Waals surface area contributed by atoms with Crippen molar-refractivity contribution in [2.75, 3.05) is 20.2 Å². The van der Waals surface area contributed by atoms with Gasteiger partial charge in [0.05, 0.1) is 10.0 Å². The number of rotatable bonds is 5. The van der Waals surface area contributed by atoms with Crippen molar-refractivity contribution in [1.82, 2.24) is 5.32 Å². The molecule has 2 N–H and O–H groups in total. The normalized spacial score (nSPS) is 12.5. The Morgan fingerprint density at radius 3 is 2.73 bits per heavy atom. The van der Waals surface area contributed by atoms with Crippen molar-refractivity contribution in [2.45, 2.75) is 6.10 Å². The van der Waals surface area contributed by atoms with Crippen LogP contribution in [0.4, 0.5) is 0 Å². The molecule has 0 amide bonds. The maximum atomic E-state index is 9.39. The molecule has 0 fully saturated rings. The summed E-state index contributed by atoms with van der Waals surface area (Å²) in [5.74, 6) is 0.597. The van der Waals surface area contributed by atoms with Crippen LogP contribution < -0.4 is 10.1 Å². The van der Waals surface area contributed by atoms with Gasteiger partial charge in [0.25, 0.3) is 0 Å². The first-order valence-corrected chi connectivity index (χ1v) is 5.29. The lowest BCUT2D eigenvalue weighted by molar-refractivity contribution is 0.108. The van der Waals surface area contributed by atoms with E-state index in [-0.39, 0.29) is 6.61 Å². The Kier molecular flexibility index (Phi) is 5.19. The highest BCUT2D eigenvalue weighted by Gasteiger charge is 2.05. The van der Waals surface area contributed by atoms with Gasteiger partial charge in [-0.05, 0) is 19.2 Å². The lowest BCUT2D eigenvalue weighted by atomic mass is 10.3. The summed E-state index contributed by atoms with van der Waals surface area (Å²) in [6, 6.07) is 4.99. The summed E-state index contributed by atoms with van der Waals surface area (Å²) in [7, 11) is 1.77. The minimum absolute atomic E-state index is 0.221.